The van der Waals surface area contributed by atoms with Crippen LogP contribution in [0.1, 0.15) is 73.6 Å². The fourth-order valence-corrected chi connectivity index (χ4v) is 12.6. The number of rotatable bonds is 7. The summed E-state index contributed by atoms with van der Waals surface area (Å²) in [5.41, 5.74) is 27.9. The standard InChI is InChI=1S/C68H53N/c1-66(2)60-26-12-9-21-54(60)57-39-33-46(42-63(57)66)44-29-35-50(36-30-44)69(52-20-15-17-48(41-52)53-24-16-25-59-56-23-10-13-27-61(56)67(3,4)65(53)59)51-37-31-45(32-38-51)47-34-40-58-55-22-11-14-28-62(55)68(5,64(58)43-47)49-18-7-6-8-19-49/h6-43H,1-5H3. The van der Waals surface area contributed by atoms with E-state index in [4.69, 9.17) is 0 Å². The molecule has 3 aliphatic carbocycles. The summed E-state index contributed by atoms with van der Waals surface area (Å²) in [6.45, 7) is 11.9. The van der Waals surface area contributed by atoms with E-state index in [2.05, 4.69) is 270 Å². The zero-order chi connectivity index (χ0) is 46.6. The van der Waals surface area contributed by atoms with E-state index in [1.54, 1.807) is 0 Å². The van der Waals surface area contributed by atoms with Crippen molar-refractivity contribution in [2.45, 2.75) is 50.9 Å². The van der Waals surface area contributed by atoms with Crippen LogP contribution in [0.3, 0.4) is 0 Å². The molecule has 0 amide bonds. The van der Waals surface area contributed by atoms with Crippen LogP contribution >= 0.6 is 0 Å². The highest BCUT2D eigenvalue weighted by Crippen LogP contribution is 2.55. The van der Waals surface area contributed by atoms with Gasteiger partial charge in [-0.25, -0.2) is 0 Å². The summed E-state index contributed by atoms with van der Waals surface area (Å²) in [6, 6.07) is 86.3. The van der Waals surface area contributed by atoms with Crippen LogP contribution in [0.15, 0.2) is 231 Å². The predicted molar refractivity (Wildman–Crippen MR) is 290 cm³/mol. The SMILES string of the molecule is CC1(C)c2ccccc2-c2ccc(-c3ccc(N(c4ccc(-c5ccc6c(c5)C(C)(c5ccccc5)c5ccccc5-6)cc4)c4cccc(-c5cccc6c5C(C)(C)c5ccccc5-6)c4)cc3)cc21. The van der Waals surface area contributed by atoms with Gasteiger partial charge in [0.1, 0.15) is 0 Å². The van der Waals surface area contributed by atoms with Crippen molar-refractivity contribution in [2.24, 2.45) is 0 Å². The molecule has 0 bridgehead atoms. The smallest absolute Gasteiger partial charge is 0.0467 e. The number of hydrogen-bond donors (Lipinski definition) is 0. The maximum absolute atomic E-state index is 2.44. The average molecular weight is 884 g/mol. The molecule has 69 heavy (non-hydrogen) atoms. The van der Waals surface area contributed by atoms with Crippen LogP contribution in [0, 0.1) is 0 Å². The lowest BCUT2D eigenvalue weighted by Gasteiger charge is -2.29. The van der Waals surface area contributed by atoms with E-state index in [0.717, 1.165) is 17.1 Å². The highest BCUT2D eigenvalue weighted by Gasteiger charge is 2.41. The van der Waals surface area contributed by atoms with Gasteiger partial charge in [-0.3, -0.25) is 0 Å². The van der Waals surface area contributed by atoms with Gasteiger partial charge in [-0.1, -0.05) is 210 Å². The molecule has 0 saturated heterocycles. The second-order valence-corrected chi connectivity index (χ2v) is 20.6. The quantitative estimate of drug-likeness (QED) is 0.154. The number of nitrogens with zero attached hydrogens (tertiary/aromatic N) is 1. The molecule has 0 spiro atoms. The first-order valence-electron chi connectivity index (χ1n) is 24.5. The lowest BCUT2D eigenvalue weighted by molar-refractivity contribution is 0.660. The number of anilines is 3. The molecule has 10 aromatic rings. The zero-order valence-corrected chi connectivity index (χ0v) is 39.9. The van der Waals surface area contributed by atoms with Gasteiger partial charge in [-0.05, 0) is 161 Å². The number of fused-ring (bicyclic) bond motifs is 9. The van der Waals surface area contributed by atoms with Gasteiger partial charge in [0.15, 0.2) is 0 Å². The van der Waals surface area contributed by atoms with Crippen molar-refractivity contribution in [3.8, 4) is 66.8 Å². The average Bonchev–Trinajstić information content (AvgIpc) is 3.90. The van der Waals surface area contributed by atoms with E-state index in [9.17, 15) is 0 Å². The summed E-state index contributed by atoms with van der Waals surface area (Å²) in [4.78, 5) is 2.42. The van der Waals surface area contributed by atoms with E-state index in [0.29, 0.717) is 0 Å². The Morgan fingerprint density at radius 1 is 0.261 bits per heavy atom. The summed E-state index contributed by atoms with van der Waals surface area (Å²) in [5, 5.41) is 0. The Labute approximate surface area is 407 Å². The van der Waals surface area contributed by atoms with Crippen LogP contribution in [0.4, 0.5) is 17.1 Å². The van der Waals surface area contributed by atoms with E-state index >= 15 is 0 Å². The maximum atomic E-state index is 2.44. The molecule has 0 aromatic heterocycles. The van der Waals surface area contributed by atoms with Crippen molar-refractivity contribution in [1.82, 2.24) is 0 Å². The molecule has 0 N–H and O–H groups in total. The molecule has 0 heterocycles. The predicted octanol–water partition coefficient (Wildman–Crippen LogP) is 18.1. The maximum Gasteiger partial charge on any atom is 0.0467 e. The second kappa shape index (κ2) is 15.3. The summed E-state index contributed by atoms with van der Waals surface area (Å²) in [6.07, 6.45) is 0. The molecule has 1 heteroatoms. The van der Waals surface area contributed by atoms with Gasteiger partial charge in [-0.2, -0.15) is 0 Å². The molecule has 10 aromatic carbocycles. The lowest BCUT2D eigenvalue weighted by atomic mass is 9.74. The van der Waals surface area contributed by atoms with Crippen molar-refractivity contribution in [1.29, 1.82) is 0 Å². The van der Waals surface area contributed by atoms with Gasteiger partial charge in [0.2, 0.25) is 0 Å². The Kier molecular flexibility index (Phi) is 9.11. The van der Waals surface area contributed by atoms with Crippen LogP contribution in [0.25, 0.3) is 66.8 Å². The fourth-order valence-electron chi connectivity index (χ4n) is 12.6. The normalized spacial score (nSPS) is 16.2. The van der Waals surface area contributed by atoms with Crippen LogP contribution in [0.5, 0.6) is 0 Å². The molecule has 13 rings (SSSR count). The van der Waals surface area contributed by atoms with E-state index in [1.807, 2.05) is 0 Å². The minimum absolute atomic E-state index is 0.0565. The van der Waals surface area contributed by atoms with E-state index in [1.165, 1.54) is 106 Å². The topological polar surface area (TPSA) is 3.24 Å². The van der Waals surface area contributed by atoms with E-state index in [-0.39, 0.29) is 16.2 Å². The molecule has 330 valence electrons. The summed E-state index contributed by atoms with van der Waals surface area (Å²) >= 11 is 0. The lowest BCUT2D eigenvalue weighted by Crippen LogP contribution is -2.22. The Balaban J connectivity index is 0.905. The van der Waals surface area contributed by atoms with Crippen LogP contribution in [0.2, 0.25) is 0 Å². The van der Waals surface area contributed by atoms with Crippen LogP contribution < -0.4 is 4.90 Å². The van der Waals surface area contributed by atoms with Crippen LogP contribution in [-0.2, 0) is 16.2 Å². The molecule has 0 radical (unpaired) electrons. The minimum Gasteiger partial charge on any atom is -0.310 e. The Bertz CT molecular complexity index is 3670. The second-order valence-electron chi connectivity index (χ2n) is 20.6. The van der Waals surface area contributed by atoms with E-state index < -0.39 is 0 Å². The molecule has 0 saturated carbocycles. The Hall–Kier alpha value is -8.00. The van der Waals surface area contributed by atoms with Gasteiger partial charge in [0.25, 0.3) is 0 Å². The summed E-state index contributed by atoms with van der Waals surface area (Å²) in [5.74, 6) is 0. The fraction of sp³-hybridized carbons (Fsp3) is 0.118. The van der Waals surface area contributed by atoms with Crippen LogP contribution in [-0.4, -0.2) is 0 Å². The highest BCUT2D eigenvalue weighted by molar-refractivity contribution is 5.91. The Morgan fingerprint density at radius 3 is 1.35 bits per heavy atom. The van der Waals surface area contributed by atoms with Gasteiger partial charge < -0.3 is 4.90 Å². The first-order valence-corrected chi connectivity index (χ1v) is 24.5. The molecule has 3 aliphatic rings. The van der Waals surface area contributed by atoms with Gasteiger partial charge in [0, 0.05) is 33.3 Å². The molecule has 1 nitrogen and oxygen atoms in total. The Morgan fingerprint density at radius 2 is 0.710 bits per heavy atom. The van der Waals surface area contributed by atoms with Gasteiger partial charge >= 0.3 is 0 Å². The third-order valence-corrected chi connectivity index (χ3v) is 16.2. The number of benzene rings is 10. The summed E-state index contributed by atoms with van der Waals surface area (Å²) in [7, 11) is 0. The van der Waals surface area contributed by atoms with Crippen molar-refractivity contribution in [3.63, 3.8) is 0 Å². The molecule has 1 atom stereocenters. The minimum atomic E-state index is -0.255. The first-order chi connectivity index (χ1) is 33.6. The third-order valence-electron chi connectivity index (χ3n) is 16.2. The number of hydrogen-bond acceptors (Lipinski definition) is 1. The molecule has 0 aliphatic heterocycles. The molecular weight excluding hydrogens is 831 g/mol. The molecule has 0 fully saturated rings. The highest BCUT2D eigenvalue weighted by atomic mass is 15.1. The third kappa shape index (κ3) is 6.16. The van der Waals surface area contributed by atoms with Gasteiger partial charge in [0.05, 0.1) is 0 Å². The largest absolute Gasteiger partial charge is 0.310 e. The molecular formula is C68H53N. The first kappa shape index (κ1) is 41.2. The van der Waals surface area contributed by atoms with Crippen molar-refractivity contribution in [2.75, 3.05) is 4.90 Å². The molecule has 1 unspecified atom stereocenters. The zero-order valence-electron chi connectivity index (χ0n) is 39.9. The van der Waals surface area contributed by atoms with Crippen molar-refractivity contribution >= 4 is 17.1 Å². The van der Waals surface area contributed by atoms with Crippen molar-refractivity contribution < 1.29 is 0 Å². The summed E-state index contributed by atoms with van der Waals surface area (Å²) < 4.78 is 0. The monoisotopic (exact) mass is 883 g/mol. The van der Waals surface area contributed by atoms with Crippen molar-refractivity contribution in [3.05, 3.63) is 269 Å². The van der Waals surface area contributed by atoms with Gasteiger partial charge in [-0.15, -0.1) is 0 Å².